The summed E-state index contributed by atoms with van der Waals surface area (Å²) in [6, 6.07) is 5.73. The molecular weight excluding hydrogens is 292 g/mol. The van der Waals surface area contributed by atoms with Gasteiger partial charge in [-0.15, -0.1) is 0 Å². The van der Waals surface area contributed by atoms with Gasteiger partial charge in [-0.3, -0.25) is 4.79 Å². The Hall–Kier alpha value is -2.04. The molecule has 0 unspecified atom stereocenters. The van der Waals surface area contributed by atoms with Crippen LogP contribution in [0.25, 0.3) is 0 Å². The molecule has 1 aromatic carbocycles. The van der Waals surface area contributed by atoms with Gasteiger partial charge in [0.25, 0.3) is 0 Å². The molecule has 0 atom stereocenters. The molecule has 23 heavy (non-hydrogen) atoms. The number of amides is 1. The van der Waals surface area contributed by atoms with Gasteiger partial charge in [-0.25, -0.2) is 5.43 Å². The molecule has 1 aliphatic rings. The van der Waals surface area contributed by atoms with Crippen LogP contribution in [0, 0.1) is 5.92 Å². The van der Waals surface area contributed by atoms with Crippen LogP contribution in [0.1, 0.15) is 52.0 Å². The number of hydrazone groups is 1. The maximum atomic E-state index is 11.7. The first kappa shape index (κ1) is 17.3. The van der Waals surface area contributed by atoms with Gasteiger partial charge in [-0.2, -0.15) is 5.10 Å². The Labute approximate surface area is 138 Å². The van der Waals surface area contributed by atoms with Gasteiger partial charge in [0, 0.05) is 17.5 Å². The number of benzene rings is 1. The molecule has 0 aliphatic heterocycles. The van der Waals surface area contributed by atoms with Crippen LogP contribution in [-0.4, -0.2) is 24.8 Å². The molecule has 126 valence electrons. The molecule has 1 saturated carbocycles. The summed E-state index contributed by atoms with van der Waals surface area (Å²) in [7, 11) is 0. The van der Waals surface area contributed by atoms with E-state index in [0.717, 1.165) is 48.5 Å². The van der Waals surface area contributed by atoms with Gasteiger partial charge in [0.15, 0.2) is 0 Å². The average Bonchev–Trinajstić information content (AvgIpc) is 3.40. The van der Waals surface area contributed by atoms with Crippen molar-refractivity contribution in [1.29, 1.82) is 0 Å². The molecule has 0 spiro atoms. The van der Waals surface area contributed by atoms with Crippen molar-refractivity contribution in [1.82, 2.24) is 5.43 Å². The van der Waals surface area contributed by atoms with E-state index in [4.69, 9.17) is 9.47 Å². The van der Waals surface area contributed by atoms with E-state index < -0.39 is 0 Å². The smallest absolute Gasteiger partial charge is 0.243 e. The quantitative estimate of drug-likeness (QED) is 0.560. The van der Waals surface area contributed by atoms with Gasteiger partial charge in [0.1, 0.15) is 11.5 Å². The Balaban J connectivity index is 2.13. The summed E-state index contributed by atoms with van der Waals surface area (Å²) in [6.07, 6.45) is 3.82. The summed E-state index contributed by atoms with van der Waals surface area (Å²) in [5, 5.41) is 4.21. The zero-order chi connectivity index (χ0) is 16.7. The van der Waals surface area contributed by atoms with E-state index in [0.29, 0.717) is 13.2 Å². The minimum atomic E-state index is 0.00303. The zero-order valence-electron chi connectivity index (χ0n) is 14.2. The number of carbonyl (C=O) groups excluding carboxylic acids is 1. The molecule has 5 heteroatoms. The third kappa shape index (κ3) is 5.27. The lowest BCUT2D eigenvalue weighted by atomic mass is 10.1. The summed E-state index contributed by atoms with van der Waals surface area (Å²) < 4.78 is 11.5. The fraction of sp³-hybridized carbons (Fsp3) is 0.556. The van der Waals surface area contributed by atoms with Crippen molar-refractivity contribution in [3.63, 3.8) is 0 Å². The molecule has 2 rings (SSSR count). The summed E-state index contributed by atoms with van der Waals surface area (Å²) in [6.45, 7) is 7.31. The highest BCUT2D eigenvalue weighted by atomic mass is 16.5. The molecular formula is C18H26N2O3. The predicted molar refractivity (Wildman–Crippen MR) is 91.1 cm³/mol. The number of ether oxygens (including phenoxy) is 2. The SMILES string of the molecule is CCCOc1ccc(/C(C)=N\NC(=O)C2CC2)c(OCCC)c1. The van der Waals surface area contributed by atoms with Crippen molar-refractivity contribution in [3.8, 4) is 11.5 Å². The van der Waals surface area contributed by atoms with Crippen LogP contribution in [-0.2, 0) is 4.79 Å². The highest BCUT2D eigenvalue weighted by Crippen LogP contribution is 2.29. The Morgan fingerprint density at radius 2 is 1.91 bits per heavy atom. The number of hydrogen-bond donors (Lipinski definition) is 1. The fourth-order valence-electron chi connectivity index (χ4n) is 2.08. The van der Waals surface area contributed by atoms with Gasteiger partial charge < -0.3 is 9.47 Å². The van der Waals surface area contributed by atoms with E-state index in [1.165, 1.54) is 0 Å². The van der Waals surface area contributed by atoms with E-state index in [9.17, 15) is 4.79 Å². The first-order valence-corrected chi connectivity index (χ1v) is 8.39. The second-order valence-corrected chi connectivity index (χ2v) is 5.80. The highest BCUT2D eigenvalue weighted by Gasteiger charge is 2.29. The molecule has 0 saturated heterocycles. The molecule has 1 N–H and O–H groups in total. The predicted octanol–water partition coefficient (Wildman–Crippen LogP) is 3.51. The maximum Gasteiger partial charge on any atom is 0.243 e. The van der Waals surface area contributed by atoms with Gasteiger partial charge in [0.2, 0.25) is 5.91 Å². The lowest BCUT2D eigenvalue weighted by molar-refractivity contribution is -0.122. The van der Waals surface area contributed by atoms with Crippen molar-refractivity contribution < 1.29 is 14.3 Å². The van der Waals surface area contributed by atoms with Crippen LogP contribution in [0.3, 0.4) is 0 Å². The standard InChI is InChI=1S/C18H26N2O3/c1-4-10-22-15-8-9-16(17(12-15)23-11-5-2)13(3)19-20-18(21)14-6-7-14/h8-9,12,14H,4-7,10-11H2,1-3H3,(H,20,21)/b19-13-. The Morgan fingerprint density at radius 3 is 2.57 bits per heavy atom. The van der Waals surface area contributed by atoms with Crippen LogP contribution in [0.4, 0.5) is 0 Å². The molecule has 0 heterocycles. The second-order valence-electron chi connectivity index (χ2n) is 5.80. The third-order valence-corrected chi connectivity index (χ3v) is 3.56. The van der Waals surface area contributed by atoms with Crippen molar-refractivity contribution in [2.45, 2.75) is 46.5 Å². The van der Waals surface area contributed by atoms with Crippen molar-refractivity contribution >= 4 is 11.6 Å². The van der Waals surface area contributed by atoms with Crippen molar-refractivity contribution in [3.05, 3.63) is 23.8 Å². The Morgan fingerprint density at radius 1 is 1.22 bits per heavy atom. The molecule has 5 nitrogen and oxygen atoms in total. The van der Waals surface area contributed by atoms with E-state index in [1.54, 1.807) is 0 Å². The fourth-order valence-corrected chi connectivity index (χ4v) is 2.08. The molecule has 0 radical (unpaired) electrons. The summed E-state index contributed by atoms with van der Waals surface area (Å²) >= 11 is 0. The van der Waals surface area contributed by atoms with Crippen LogP contribution in [0.15, 0.2) is 23.3 Å². The Bertz CT molecular complexity index is 565. The van der Waals surface area contributed by atoms with Crippen LogP contribution < -0.4 is 14.9 Å². The summed E-state index contributed by atoms with van der Waals surface area (Å²) in [5.74, 6) is 1.68. The lowest BCUT2D eigenvalue weighted by Crippen LogP contribution is -2.20. The minimum absolute atomic E-state index is 0.00303. The van der Waals surface area contributed by atoms with E-state index in [1.807, 2.05) is 25.1 Å². The van der Waals surface area contributed by atoms with E-state index in [-0.39, 0.29) is 11.8 Å². The lowest BCUT2D eigenvalue weighted by Gasteiger charge is -2.13. The molecule has 0 bridgehead atoms. The minimum Gasteiger partial charge on any atom is -0.493 e. The van der Waals surface area contributed by atoms with Crippen molar-refractivity contribution in [2.24, 2.45) is 11.0 Å². The number of nitrogens with one attached hydrogen (secondary N) is 1. The number of nitrogens with zero attached hydrogens (tertiary/aromatic N) is 1. The Kier molecular flexibility index (Phi) is 6.44. The third-order valence-electron chi connectivity index (χ3n) is 3.56. The van der Waals surface area contributed by atoms with Gasteiger partial charge in [-0.05, 0) is 44.7 Å². The second kappa shape index (κ2) is 8.56. The van der Waals surface area contributed by atoms with Crippen molar-refractivity contribution in [2.75, 3.05) is 13.2 Å². The molecule has 1 aliphatic carbocycles. The van der Waals surface area contributed by atoms with E-state index in [2.05, 4.69) is 24.4 Å². The molecule has 0 aromatic heterocycles. The molecule has 1 amide bonds. The first-order chi connectivity index (χ1) is 11.2. The molecule has 1 fully saturated rings. The number of carbonyl (C=O) groups is 1. The average molecular weight is 318 g/mol. The van der Waals surface area contributed by atoms with Crippen LogP contribution in [0.5, 0.6) is 11.5 Å². The number of hydrogen-bond acceptors (Lipinski definition) is 4. The van der Waals surface area contributed by atoms with Gasteiger partial charge in [-0.1, -0.05) is 13.8 Å². The first-order valence-electron chi connectivity index (χ1n) is 8.39. The monoisotopic (exact) mass is 318 g/mol. The summed E-state index contributed by atoms with van der Waals surface area (Å²) in [4.78, 5) is 11.7. The van der Waals surface area contributed by atoms with Crippen LogP contribution in [0.2, 0.25) is 0 Å². The largest absolute Gasteiger partial charge is 0.493 e. The van der Waals surface area contributed by atoms with Gasteiger partial charge in [0.05, 0.1) is 18.9 Å². The van der Waals surface area contributed by atoms with E-state index >= 15 is 0 Å². The summed E-state index contributed by atoms with van der Waals surface area (Å²) in [5.41, 5.74) is 4.24. The zero-order valence-corrected chi connectivity index (χ0v) is 14.2. The van der Waals surface area contributed by atoms with Gasteiger partial charge >= 0.3 is 0 Å². The maximum absolute atomic E-state index is 11.7. The molecule has 1 aromatic rings. The highest BCUT2D eigenvalue weighted by molar-refractivity contribution is 6.01. The topological polar surface area (TPSA) is 59.9 Å². The number of rotatable bonds is 9. The van der Waals surface area contributed by atoms with Crippen LogP contribution >= 0.6 is 0 Å². The normalized spacial score (nSPS) is 14.5.